The van der Waals surface area contributed by atoms with Crippen molar-refractivity contribution < 1.29 is 0 Å². The molecule has 0 spiro atoms. The predicted molar refractivity (Wildman–Crippen MR) is 181 cm³/mol. The Morgan fingerprint density at radius 2 is 1.28 bits per heavy atom. The van der Waals surface area contributed by atoms with Crippen LogP contribution in [-0.4, -0.2) is 18.5 Å². The van der Waals surface area contributed by atoms with Crippen LogP contribution in [0, 0.1) is 6.92 Å². The van der Waals surface area contributed by atoms with E-state index in [1.165, 1.54) is 64.3 Å². The van der Waals surface area contributed by atoms with Crippen LogP contribution in [0.2, 0.25) is 0 Å². The van der Waals surface area contributed by atoms with Crippen LogP contribution in [-0.2, 0) is 0 Å². The van der Waals surface area contributed by atoms with Crippen LogP contribution >= 0.6 is 11.3 Å². The number of benzene rings is 6. The molecule has 43 heavy (non-hydrogen) atoms. The van der Waals surface area contributed by atoms with E-state index in [-0.39, 0.29) is 0 Å². The molecule has 0 saturated heterocycles. The second kappa shape index (κ2) is 8.34. The van der Waals surface area contributed by atoms with Crippen LogP contribution in [0.1, 0.15) is 5.56 Å². The summed E-state index contributed by atoms with van der Waals surface area (Å²) in [6, 6.07) is 46.1. The predicted octanol–water partition coefficient (Wildman–Crippen LogP) is 10.2. The summed E-state index contributed by atoms with van der Waals surface area (Å²) in [4.78, 5) is 5.20. The van der Waals surface area contributed by atoms with Gasteiger partial charge in [0, 0.05) is 36.6 Å². The Morgan fingerprint density at radius 1 is 0.558 bits per heavy atom. The maximum absolute atomic E-state index is 5.20. The van der Waals surface area contributed by atoms with E-state index in [1.807, 2.05) is 11.3 Å². The van der Waals surface area contributed by atoms with Crippen LogP contribution in [0.3, 0.4) is 0 Å². The molecule has 0 radical (unpaired) electrons. The number of hydrogen-bond acceptors (Lipinski definition) is 2. The zero-order valence-electron chi connectivity index (χ0n) is 23.3. The van der Waals surface area contributed by atoms with Gasteiger partial charge in [0.05, 0.1) is 38.8 Å². The largest absolute Gasteiger partial charge is 0.309 e. The van der Waals surface area contributed by atoms with Crippen molar-refractivity contribution >= 4 is 81.2 Å². The van der Waals surface area contributed by atoms with E-state index in [2.05, 4.69) is 148 Å². The Labute approximate surface area is 250 Å². The Balaban J connectivity index is 1.35. The van der Waals surface area contributed by atoms with E-state index in [9.17, 15) is 0 Å². The summed E-state index contributed by atoms with van der Waals surface area (Å²) in [5.41, 5.74) is 10.4. The van der Waals surface area contributed by atoms with Crippen molar-refractivity contribution in [3.8, 4) is 11.4 Å². The van der Waals surface area contributed by atoms with Crippen LogP contribution in [0.4, 0.5) is 0 Å². The van der Waals surface area contributed by atoms with Crippen LogP contribution in [0.25, 0.3) is 81.2 Å². The highest BCUT2D eigenvalue weighted by molar-refractivity contribution is 7.25. The molecule has 4 aromatic heterocycles. The first kappa shape index (κ1) is 23.2. The number of thiophene rings is 1. The van der Waals surface area contributed by atoms with Gasteiger partial charge in [-0.2, -0.15) is 0 Å². The third-order valence-electron chi connectivity index (χ3n) is 8.96. The summed E-state index contributed by atoms with van der Waals surface area (Å²) < 4.78 is 9.75. The maximum Gasteiger partial charge on any atom is 0.220 e. The van der Waals surface area contributed by atoms with Crippen molar-refractivity contribution in [1.29, 1.82) is 0 Å². The molecule has 0 unspecified atom stereocenters. The van der Waals surface area contributed by atoms with Crippen LogP contribution in [0.5, 0.6) is 0 Å². The lowest BCUT2D eigenvalue weighted by molar-refractivity contribution is 1.11. The van der Waals surface area contributed by atoms with Gasteiger partial charge in [-0.05, 0) is 73.2 Å². The standard InChI is InChI=1S/C38H24N4S/c1-23-10-8-18-33-37(23)42(38-39-28-13-4-6-15-30(28)41(33)38)32-17-9-16-31-36(32)26-12-2-5-14-29(26)40(31)24-20-21-35-27(22-24)25-11-3-7-19-34(25)43-35/h2-22H,1H3. The second-order valence-corrected chi connectivity index (χ2v) is 12.4. The molecule has 202 valence electrons. The molecule has 0 atom stereocenters. The average molecular weight is 569 g/mol. The fourth-order valence-electron chi connectivity index (χ4n) is 7.16. The maximum atomic E-state index is 5.20. The topological polar surface area (TPSA) is 27.2 Å². The third kappa shape index (κ3) is 3.01. The number of rotatable bonds is 2. The van der Waals surface area contributed by atoms with Gasteiger partial charge in [0.25, 0.3) is 0 Å². The fourth-order valence-corrected chi connectivity index (χ4v) is 8.25. The molecule has 0 aliphatic carbocycles. The Kier molecular flexibility index (Phi) is 4.50. The van der Waals surface area contributed by atoms with Gasteiger partial charge in [-0.3, -0.25) is 8.97 Å². The minimum absolute atomic E-state index is 0.931. The summed E-state index contributed by atoms with van der Waals surface area (Å²) in [7, 11) is 0. The monoisotopic (exact) mass is 568 g/mol. The van der Waals surface area contributed by atoms with Gasteiger partial charge in [0.1, 0.15) is 0 Å². The number of aromatic nitrogens is 4. The van der Waals surface area contributed by atoms with Gasteiger partial charge in [0.15, 0.2) is 0 Å². The van der Waals surface area contributed by atoms with Gasteiger partial charge in [0.2, 0.25) is 5.78 Å². The zero-order valence-corrected chi connectivity index (χ0v) is 24.1. The summed E-state index contributed by atoms with van der Waals surface area (Å²) in [5.74, 6) is 0.931. The highest BCUT2D eigenvalue weighted by Gasteiger charge is 2.22. The van der Waals surface area contributed by atoms with Gasteiger partial charge < -0.3 is 4.57 Å². The highest BCUT2D eigenvalue weighted by atomic mass is 32.1. The van der Waals surface area contributed by atoms with Gasteiger partial charge in [-0.15, -0.1) is 11.3 Å². The van der Waals surface area contributed by atoms with E-state index in [0.29, 0.717) is 0 Å². The molecule has 0 fully saturated rings. The number of imidazole rings is 2. The number of hydrogen-bond donors (Lipinski definition) is 0. The molecule has 0 saturated carbocycles. The molecular weight excluding hydrogens is 545 g/mol. The van der Waals surface area contributed by atoms with E-state index < -0.39 is 0 Å². The lowest BCUT2D eigenvalue weighted by atomic mass is 10.1. The SMILES string of the molecule is Cc1cccc2c1n(-c1cccc3c1c1ccccc1n3-c1ccc3sc4ccccc4c3c1)c1nc3ccccc3n21. The molecule has 0 aliphatic heterocycles. The lowest BCUT2D eigenvalue weighted by Gasteiger charge is -2.11. The minimum Gasteiger partial charge on any atom is -0.309 e. The second-order valence-electron chi connectivity index (χ2n) is 11.3. The molecule has 0 amide bonds. The quantitative estimate of drug-likeness (QED) is 0.204. The molecule has 6 aromatic carbocycles. The molecule has 0 aliphatic rings. The lowest BCUT2D eigenvalue weighted by Crippen LogP contribution is -1.98. The number of fused-ring (bicyclic) bond motifs is 11. The Hall–Kier alpha value is -5.39. The van der Waals surface area contributed by atoms with Crippen LogP contribution in [0.15, 0.2) is 127 Å². The van der Waals surface area contributed by atoms with Crippen molar-refractivity contribution in [2.45, 2.75) is 6.92 Å². The van der Waals surface area contributed by atoms with Crippen molar-refractivity contribution in [3.63, 3.8) is 0 Å². The van der Waals surface area contributed by atoms with Gasteiger partial charge in [-0.1, -0.05) is 66.7 Å². The number of nitrogens with zero attached hydrogens (tertiary/aromatic N) is 4. The Bertz CT molecular complexity index is 2750. The molecular formula is C38H24N4S. The van der Waals surface area contributed by atoms with Gasteiger partial charge in [-0.25, -0.2) is 4.98 Å². The molecule has 10 aromatic rings. The fraction of sp³-hybridized carbons (Fsp3) is 0.0263. The highest BCUT2D eigenvalue weighted by Crippen LogP contribution is 2.41. The van der Waals surface area contributed by atoms with Crippen molar-refractivity contribution in [2.75, 3.05) is 0 Å². The minimum atomic E-state index is 0.931. The first-order valence-electron chi connectivity index (χ1n) is 14.6. The molecule has 10 rings (SSSR count). The van der Waals surface area contributed by atoms with Gasteiger partial charge >= 0.3 is 0 Å². The van der Waals surface area contributed by atoms with E-state index in [0.717, 1.165) is 22.5 Å². The zero-order chi connectivity index (χ0) is 28.2. The van der Waals surface area contributed by atoms with Crippen molar-refractivity contribution in [3.05, 3.63) is 133 Å². The van der Waals surface area contributed by atoms with E-state index in [4.69, 9.17) is 4.98 Å². The first-order valence-corrected chi connectivity index (χ1v) is 15.4. The third-order valence-corrected chi connectivity index (χ3v) is 10.1. The van der Waals surface area contributed by atoms with Crippen molar-refractivity contribution in [1.82, 2.24) is 18.5 Å². The number of aryl methyl sites for hydroxylation is 1. The van der Waals surface area contributed by atoms with Crippen molar-refractivity contribution in [2.24, 2.45) is 0 Å². The van der Waals surface area contributed by atoms with Crippen LogP contribution < -0.4 is 0 Å². The molecule has 0 bridgehead atoms. The first-order chi connectivity index (χ1) is 21.3. The molecule has 4 nitrogen and oxygen atoms in total. The molecule has 5 heteroatoms. The normalized spacial score (nSPS) is 12.3. The molecule has 4 heterocycles. The molecule has 0 N–H and O–H groups in total. The average Bonchev–Trinajstić information content (AvgIpc) is 3.78. The summed E-state index contributed by atoms with van der Waals surface area (Å²) >= 11 is 1.86. The Morgan fingerprint density at radius 3 is 2.21 bits per heavy atom. The summed E-state index contributed by atoms with van der Waals surface area (Å²) in [6.45, 7) is 2.20. The summed E-state index contributed by atoms with van der Waals surface area (Å²) in [6.07, 6.45) is 0. The van der Waals surface area contributed by atoms with E-state index >= 15 is 0 Å². The number of para-hydroxylation sites is 4. The van der Waals surface area contributed by atoms with E-state index in [1.54, 1.807) is 0 Å². The summed E-state index contributed by atoms with van der Waals surface area (Å²) in [5, 5.41) is 5.07. The smallest absolute Gasteiger partial charge is 0.220 e.